The monoisotopic (exact) mass is 430 g/mol. The molecule has 162 valence electrons. The third-order valence-electron chi connectivity index (χ3n) is 5.05. The van der Waals surface area contributed by atoms with Crippen molar-refractivity contribution in [2.75, 3.05) is 45.6 Å². The molecule has 1 heterocycles. The van der Waals surface area contributed by atoms with E-state index >= 15 is 0 Å². The third kappa shape index (κ3) is 6.55. The van der Waals surface area contributed by atoms with Gasteiger partial charge in [0, 0.05) is 39.8 Å². The second kappa shape index (κ2) is 11.1. The van der Waals surface area contributed by atoms with Gasteiger partial charge in [0.2, 0.25) is 0 Å². The van der Waals surface area contributed by atoms with Crippen molar-refractivity contribution in [2.45, 2.75) is 18.0 Å². The molecule has 2 N–H and O–H groups in total. The second-order valence-electron chi connectivity index (χ2n) is 7.14. The molecular formula is C22H30N4O3S. The predicted molar refractivity (Wildman–Crippen MR) is 119 cm³/mol. The number of hydrogen-bond donors (Lipinski definition) is 2. The van der Waals surface area contributed by atoms with Crippen LogP contribution in [0, 0.1) is 0 Å². The van der Waals surface area contributed by atoms with Crippen molar-refractivity contribution in [3.05, 3.63) is 65.7 Å². The molecule has 0 atom stereocenters. The van der Waals surface area contributed by atoms with Crippen molar-refractivity contribution in [3.8, 4) is 0 Å². The van der Waals surface area contributed by atoms with Gasteiger partial charge in [0.1, 0.15) is 0 Å². The van der Waals surface area contributed by atoms with E-state index in [1.807, 2.05) is 6.07 Å². The molecule has 0 aliphatic carbocycles. The first-order valence-corrected chi connectivity index (χ1v) is 11.8. The van der Waals surface area contributed by atoms with Crippen molar-refractivity contribution < 1.29 is 13.2 Å². The summed E-state index contributed by atoms with van der Waals surface area (Å²) in [4.78, 5) is 6.95. The van der Waals surface area contributed by atoms with Crippen LogP contribution in [0.4, 0.5) is 0 Å². The number of sulfone groups is 1. The normalized spacial score (nSPS) is 15.7. The molecule has 3 rings (SSSR count). The number of benzene rings is 2. The fraction of sp³-hybridized carbons (Fsp3) is 0.409. The molecule has 1 aliphatic rings. The lowest BCUT2D eigenvalue weighted by Crippen LogP contribution is -2.39. The van der Waals surface area contributed by atoms with Gasteiger partial charge in [-0.2, -0.15) is 0 Å². The average molecular weight is 431 g/mol. The van der Waals surface area contributed by atoms with E-state index < -0.39 is 9.84 Å². The summed E-state index contributed by atoms with van der Waals surface area (Å²) in [6.07, 6.45) is 0. The minimum absolute atomic E-state index is 0.00529. The number of nitrogens with one attached hydrogen (secondary N) is 2. The minimum Gasteiger partial charge on any atom is -0.379 e. The fourth-order valence-corrected chi connectivity index (χ4v) is 4.51. The number of nitrogens with zero attached hydrogens (tertiary/aromatic N) is 2. The summed E-state index contributed by atoms with van der Waals surface area (Å²) < 4.78 is 30.2. The van der Waals surface area contributed by atoms with Crippen molar-refractivity contribution in [1.29, 1.82) is 0 Å². The Morgan fingerprint density at radius 2 is 1.67 bits per heavy atom. The van der Waals surface area contributed by atoms with Gasteiger partial charge >= 0.3 is 0 Å². The molecule has 30 heavy (non-hydrogen) atoms. The lowest BCUT2D eigenvalue weighted by Gasteiger charge is -2.27. The van der Waals surface area contributed by atoms with E-state index in [2.05, 4.69) is 38.7 Å². The number of ether oxygens (including phenoxy) is 1. The largest absolute Gasteiger partial charge is 0.379 e. The van der Waals surface area contributed by atoms with Crippen LogP contribution in [0.3, 0.4) is 0 Å². The summed E-state index contributed by atoms with van der Waals surface area (Å²) in [5.41, 5.74) is 2.47. The van der Waals surface area contributed by atoms with Gasteiger partial charge < -0.3 is 15.4 Å². The maximum Gasteiger partial charge on any atom is 0.191 e. The maximum absolute atomic E-state index is 12.4. The van der Waals surface area contributed by atoms with Crippen molar-refractivity contribution in [2.24, 2.45) is 4.99 Å². The number of hydrogen-bond acceptors (Lipinski definition) is 5. The first-order valence-electron chi connectivity index (χ1n) is 10.2. The van der Waals surface area contributed by atoms with Gasteiger partial charge in [0.05, 0.1) is 23.9 Å². The summed E-state index contributed by atoms with van der Waals surface area (Å²) in [5.74, 6) is 0.588. The van der Waals surface area contributed by atoms with Crippen LogP contribution in [0.25, 0.3) is 0 Å². The molecule has 0 bridgehead atoms. The van der Waals surface area contributed by atoms with Crippen LogP contribution in [-0.4, -0.2) is 64.9 Å². The Balaban J connectivity index is 1.51. The van der Waals surface area contributed by atoms with Crippen molar-refractivity contribution in [1.82, 2.24) is 15.5 Å². The highest BCUT2D eigenvalue weighted by molar-refractivity contribution is 7.91. The zero-order valence-corrected chi connectivity index (χ0v) is 18.2. The Bertz CT molecular complexity index is 926. The van der Waals surface area contributed by atoms with Crippen LogP contribution in [0.5, 0.6) is 0 Å². The minimum atomic E-state index is -3.32. The highest BCUT2D eigenvalue weighted by Crippen LogP contribution is 2.13. The van der Waals surface area contributed by atoms with Gasteiger partial charge in [-0.1, -0.05) is 42.5 Å². The van der Waals surface area contributed by atoms with E-state index in [1.165, 1.54) is 11.1 Å². The Kier molecular flexibility index (Phi) is 8.24. The van der Waals surface area contributed by atoms with E-state index in [-0.39, 0.29) is 12.3 Å². The van der Waals surface area contributed by atoms with Crippen molar-refractivity contribution in [3.63, 3.8) is 0 Å². The van der Waals surface area contributed by atoms with Crippen LogP contribution in [0.1, 0.15) is 11.1 Å². The smallest absolute Gasteiger partial charge is 0.191 e. The number of aliphatic imine (C=N–C) groups is 1. The molecule has 0 spiro atoms. The van der Waals surface area contributed by atoms with E-state index in [1.54, 1.807) is 37.4 Å². The molecule has 0 aromatic heterocycles. The highest BCUT2D eigenvalue weighted by atomic mass is 32.2. The number of rotatable bonds is 8. The van der Waals surface area contributed by atoms with Crippen LogP contribution >= 0.6 is 0 Å². The van der Waals surface area contributed by atoms with Crippen molar-refractivity contribution >= 4 is 15.8 Å². The summed E-state index contributed by atoms with van der Waals surface area (Å²) in [5, 5.41) is 6.39. The summed E-state index contributed by atoms with van der Waals surface area (Å²) in [6, 6.07) is 16.8. The molecule has 1 fully saturated rings. The molecule has 1 aliphatic heterocycles. The number of guanidine groups is 1. The SMILES string of the molecule is CN=C(NCCS(=O)(=O)c1ccccc1)NCc1ccccc1CN1CCOCC1. The van der Waals surface area contributed by atoms with Crippen LogP contribution in [-0.2, 0) is 27.7 Å². The predicted octanol–water partition coefficient (Wildman–Crippen LogP) is 1.66. The molecule has 7 nitrogen and oxygen atoms in total. The fourth-order valence-electron chi connectivity index (χ4n) is 3.33. The van der Waals surface area contributed by atoms with Gasteiger partial charge in [-0.25, -0.2) is 8.42 Å². The molecule has 2 aromatic rings. The van der Waals surface area contributed by atoms with Gasteiger partial charge in [-0.05, 0) is 23.3 Å². The molecule has 0 saturated carbocycles. The molecule has 1 saturated heterocycles. The Morgan fingerprint density at radius 1 is 1.00 bits per heavy atom. The second-order valence-corrected chi connectivity index (χ2v) is 9.25. The third-order valence-corrected chi connectivity index (χ3v) is 6.78. The van der Waals surface area contributed by atoms with E-state index in [0.717, 1.165) is 32.8 Å². The average Bonchev–Trinajstić information content (AvgIpc) is 2.78. The quantitative estimate of drug-likeness (QED) is 0.490. The summed E-state index contributed by atoms with van der Waals surface area (Å²) >= 11 is 0. The molecule has 0 unspecified atom stereocenters. The van der Waals surface area contributed by atoms with Crippen LogP contribution in [0.15, 0.2) is 64.5 Å². The molecule has 2 aromatic carbocycles. The lowest BCUT2D eigenvalue weighted by atomic mass is 10.1. The van der Waals surface area contributed by atoms with Crippen LogP contribution < -0.4 is 10.6 Å². The molecule has 0 amide bonds. The topological polar surface area (TPSA) is 83.0 Å². The standard InChI is InChI=1S/C22H30N4O3S/c1-23-22(24-11-16-30(27,28)21-9-3-2-4-10-21)25-17-19-7-5-6-8-20(19)18-26-12-14-29-15-13-26/h2-10H,11-18H2,1H3,(H2,23,24,25). The Hall–Kier alpha value is -2.42. The zero-order valence-electron chi connectivity index (χ0n) is 17.4. The first kappa shape index (κ1) is 22.3. The van der Waals surface area contributed by atoms with Gasteiger partial charge in [0.25, 0.3) is 0 Å². The first-order chi connectivity index (χ1) is 14.6. The Labute approximate surface area is 179 Å². The van der Waals surface area contributed by atoms with Gasteiger partial charge in [-0.3, -0.25) is 9.89 Å². The molecule has 0 radical (unpaired) electrons. The maximum atomic E-state index is 12.4. The van der Waals surface area contributed by atoms with Crippen LogP contribution in [0.2, 0.25) is 0 Å². The zero-order chi connectivity index (χ0) is 21.2. The van der Waals surface area contributed by atoms with E-state index in [4.69, 9.17) is 4.74 Å². The summed E-state index contributed by atoms with van der Waals surface area (Å²) in [6.45, 7) is 5.24. The lowest BCUT2D eigenvalue weighted by molar-refractivity contribution is 0.0341. The van der Waals surface area contributed by atoms with E-state index in [0.29, 0.717) is 17.4 Å². The Morgan fingerprint density at radius 3 is 2.37 bits per heavy atom. The molecular weight excluding hydrogens is 400 g/mol. The van der Waals surface area contributed by atoms with Gasteiger partial charge in [0.15, 0.2) is 15.8 Å². The summed E-state index contributed by atoms with van der Waals surface area (Å²) in [7, 11) is -1.63. The van der Waals surface area contributed by atoms with E-state index in [9.17, 15) is 8.42 Å². The highest BCUT2D eigenvalue weighted by Gasteiger charge is 2.14. The molecule has 8 heteroatoms. The van der Waals surface area contributed by atoms with Gasteiger partial charge in [-0.15, -0.1) is 0 Å². The number of morpholine rings is 1.